The third kappa shape index (κ3) is 42.4. The van der Waals surface area contributed by atoms with E-state index >= 15 is 0 Å². The topological polar surface area (TPSA) is 792 Å². The number of nitrogens with zero attached hydrogens (tertiary/aromatic N) is 4. The van der Waals surface area contributed by atoms with E-state index in [1.807, 2.05) is 5.32 Å². The number of aliphatic imine (C=N–C) groups is 2. The highest BCUT2D eigenvalue weighted by atomic mass is 16.4. The van der Waals surface area contributed by atoms with E-state index in [9.17, 15) is 102 Å². The van der Waals surface area contributed by atoms with E-state index in [-0.39, 0.29) is 133 Å². The van der Waals surface area contributed by atoms with Crippen molar-refractivity contribution in [2.45, 2.75) is 256 Å². The standard InChI is InChI=1S/C74H126N26O21/c1-9-40(8)59(100-65(113)44(14-10-11-23-75)91-69(117)52(29-41-31-82-35-87-41)97-62(110)45(15-12-24-84-73(78)79)90-60(108)43(76)17-21-57(104)105)71(119)99-51(28-39(6)7)68(116)98-53(30-42-32-83-36-88-42)70(118)92-46(16-13-25-85-74(80)81)63(111)95-50(27-38(4)5)67(115)96-49(26-37(2)3)66(114)94-48(18-20-55(77)102)64(112)93-47(19-22-58(106)107)61(109)86-33-56(103)89-54(34-101)72(120)121/h31-32,35-40,43-54,59,101H,9-30,33-34,75-76H2,1-8H3,(H2,77,102)(H,82,87)(H,83,88)(H,86,109)(H,89,103)(H,90,108)(H,91,117)(H,92,118)(H,93,112)(H,94,114)(H,95,111)(H,96,115)(H,97,110)(H,98,116)(H,99,119)(H,100,113)(H,104,105)(H,106,107)(H,120,121)(H4,78,79,84)(H4,80,81,85)/t40-,43-,44-,45-,46-,47-,48-,49-,50-,51-,52-,53-,54-,59-/m0/s1. The number of carbonyl (C=O) groups is 17. The van der Waals surface area contributed by atoms with Crippen LogP contribution in [0, 0.1) is 23.7 Å². The molecule has 2 aromatic heterocycles. The van der Waals surface area contributed by atoms with Gasteiger partial charge in [0.05, 0.1) is 31.8 Å². The summed E-state index contributed by atoms with van der Waals surface area (Å²) in [5.74, 6) is -20.1. The van der Waals surface area contributed by atoms with Crippen molar-refractivity contribution < 1.29 is 102 Å². The normalized spacial score (nSPS) is 14.6. The minimum absolute atomic E-state index is 0.0183. The molecule has 2 rings (SSSR count). The van der Waals surface area contributed by atoms with Crippen LogP contribution in [0.25, 0.3) is 0 Å². The first kappa shape index (κ1) is 105. The van der Waals surface area contributed by atoms with Crippen LogP contribution in [0.5, 0.6) is 0 Å². The van der Waals surface area contributed by atoms with E-state index in [2.05, 4.69) is 93.7 Å². The van der Waals surface area contributed by atoms with Crippen molar-refractivity contribution in [3.8, 4) is 0 Å². The lowest BCUT2D eigenvalue weighted by molar-refractivity contribution is -0.143. The Bertz CT molecular complexity index is 3780. The van der Waals surface area contributed by atoms with Gasteiger partial charge in [-0.05, 0) is 114 Å². The van der Waals surface area contributed by atoms with Gasteiger partial charge >= 0.3 is 17.9 Å². The highest BCUT2D eigenvalue weighted by Crippen LogP contribution is 2.17. The average Bonchev–Trinajstić information content (AvgIpc) is 1.29. The first-order chi connectivity index (χ1) is 57.0. The summed E-state index contributed by atoms with van der Waals surface area (Å²) in [6.45, 7) is 11.9. The molecule has 0 saturated heterocycles. The minimum Gasteiger partial charge on any atom is -0.481 e. The van der Waals surface area contributed by atoms with Gasteiger partial charge in [0.2, 0.25) is 82.7 Å². The molecule has 0 bridgehead atoms. The van der Waals surface area contributed by atoms with Crippen molar-refractivity contribution in [3.63, 3.8) is 0 Å². The molecule has 0 unspecified atom stereocenters. The van der Waals surface area contributed by atoms with E-state index in [0.29, 0.717) is 17.8 Å². The number of carboxylic acids is 3. The lowest BCUT2D eigenvalue weighted by Gasteiger charge is -2.30. The predicted molar refractivity (Wildman–Crippen MR) is 436 cm³/mol. The SMILES string of the molecule is CC[C@H](C)[C@H](NC(=O)[C@H](CCCCN)NC(=O)[C@H](Cc1cnc[nH]1)NC(=O)[C@H](CCCN=C(N)N)NC(=O)[C@@H](N)CCC(=O)O)C(=O)N[C@@H](CC(C)C)C(=O)N[C@@H](Cc1cnc[nH]1)C(=O)N[C@@H](CCCN=C(N)N)C(=O)N[C@@H](CC(C)C)C(=O)N[C@@H](CC(C)C)C(=O)N[C@@H](CCC(N)=O)C(=O)N[C@@H](CCC(=O)O)C(=O)NCC(=O)N[C@@H](CO)C(=O)O. The van der Waals surface area contributed by atoms with E-state index in [0.717, 1.165) is 0 Å². The fourth-order valence-electron chi connectivity index (χ4n) is 12.0. The number of nitrogens with two attached hydrogens (primary N) is 7. The van der Waals surface area contributed by atoms with Crippen molar-refractivity contribution in [3.05, 3.63) is 36.4 Å². The second-order valence-corrected chi connectivity index (χ2v) is 30.5. The highest BCUT2D eigenvalue weighted by Gasteiger charge is 2.39. The zero-order valence-corrected chi connectivity index (χ0v) is 69.7. The number of imidazole rings is 2. The van der Waals surface area contributed by atoms with E-state index in [4.69, 9.17) is 40.1 Å². The molecule has 2 aromatic rings. The number of H-pyrrole nitrogens is 2. The smallest absolute Gasteiger partial charge is 0.328 e. The lowest BCUT2D eigenvalue weighted by atomic mass is 9.96. The average molecular weight is 1720 g/mol. The summed E-state index contributed by atoms with van der Waals surface area (Å²) >= 11 is 0. The Balaban J connectivity index is 2.64. The molecule has 47 heteroatoms. The molecule has 0 spiro atoms. The molecule has 0 fully saturated rings. The van der Waals surface area contributed by atoms with Gasteiger partial charge in [0, 0.05) is 69.0 Å². The summed E-state index contributed by atoms with van der Waals surface area (Å²) in [5, 5.41) is 70.1. The van der Waals surface area contributed by atoms with Gasteiger partial charge in [-0.2, -0.15) is 0 Å². The maximum absolute atomic E-state index is 15.0. The van der Waals surface area contributed by atoms with Crippen LogP contribution in [0.15, 0.2) is 35.0 Å². The molecule has 47 nitrogen and oxygen atoms in total. The van der Waals surface area contributed by atoms with Crippen LogP contribution in [0.3, 0.4) is 0 Å². The zero-order valence-electron chi connectivity index (χ0n) is 69.7. The van der Waals surface area contributed by atoms with E-state index in [1.165, 1.54) is 25.0 Å². The number of carboxylic acid groups (broad SMARTS) is 3. The monoisotopic (exact) mass is 1710 g/mol. The van der Waals surface area contributed by atoms with Crippen LogP contribution in [0.4, 0.5) is 0 Å². The van der Waals surface area contributed by atoms with Gasteiger partial charge in [0.25, 0.3) is 0 Å². The summed E-state index contributed by atoms with van der Waals surface area (Å²) < 4.78 is 0. The number of aliphatic hydroxyl groups is 1. The van der Waals surface area contributed by atoms with Crippen LogP contribution in [0.1, 0.15) is 176 Å². The molecule has 0 saturated carbocycles. The van der Waals surface area contributed by atoms with Gasteiger partial charge in [0.1, 0.15) is 72.5 Å². The molecular formula is C74H126N26O21. The Morgan fingerprint density at radius 3 is 1.12 bits per heavy atom. The number of hydrogen-bond donors (Lipinski definition) is 26. The molecule has 0 aliphatic heterocycles. The van der Waals surface area contributed by atoms with Gasteiger partial charge < -0.3 is 140 Å². The third-order valence-corrected chi connectivity index (χ3v) is 18.6. The van der Waals surface area contributed by atoms with Crippen LogP contribution in [-0.2, 0) is 94.3 Å². The fourth-order valence-corrected chi connectivity index (χ4v) is 12.0. The summed E-state index contributed by atoms with van der Waals surface area (Å²) in [6.07, 6.45) is 2.09. The summed E-state index contributed by atoms with van der Waals surface area (Å²) in [4.78, 5) is 254. The van der Waals surface area contributed by atoms with Gasteiger partial charge in [-0.1, -0.05) is 61.8 Å². The number of carbonyl (C=O) groups excluding carboxylic acids is 14. The van der Waals surface area contributed by atoms with Crippen molar-refractivity contribution in [2.24, 2.45) is 73.8 Å². The van der Waals surface area contributed by atoms with Gasteiger partial charge in [0.15, 0.2) is 11.9 Å². The largest absolute Gasteiger partial charge is 0.481 e. The Morgan fingerprint density at radius 2 is 0.760 bits per heavy atom. The lowest BCUT2D eigenvalue weighted by Crippen LogP contribution is -2.62. The second kappa shape index (κ2) is 55.6. The summed E-state index contributed by atoms with van der Waals surface area (Å²) in [5.41, 5.74) is 40.2. The number of nitrogens with one attached hydrogen (secondary N) is 15. The van der Waals surface area contributed by atoms with Gasteiger partial charge in [-0.3, -0.25) is 86.7 Å². The number of hydrogen-bond acceptors (Lipinski definition) is 24. The molecule has 14 amide bonds. The number of aromatic nitrogens is 4. The fraction of sp³-hybridized carbons (Fsp3) is 0.662. The quantitative estimate of drug-likeness (QED) is 0.0166. The zero-order chi connectivity index (χ0) is 91.2. The Kier molecular flexibility index (Phi) is 48.2. The van der Waals surface area contributed by atoms with Crippen molar-refractivity contribution >= 4 is 113 Å². The number of aromatic amines is 2. The molecular weight excluding hydrogens is 1590 g/mol. The van der Waals surface area contributed by atoms with Crippen molar-refractivity contribution in [2.75, 3.05) is 32.8 Å². The number of primary amides is 1. The molecule has 678 valence electrons. The minimum atomic E-state index is -1.75. The number of amides is 14. The van der Waals surface area contributed by atoms with Gasteiger partial charge in [-0.15, -0.1) is 0 Å². The Labute approximate surface area is 699 Å². The first-order valence-electron chi connectivity index (χ1n) is 40.0. The number of aliphatic carboxylic acids is 3. The molecule has 0 aliphatic rings. The highest BCUT2D eigenvalue weighted by molar-refractivity contribution is 6.00. The Hall–Kier alpha value is -12.2. The molecule has 14 atom stereocenters. The molecule has 0 aliphatic carbocycles. The van der Waals surface area contributed by atoms with Gasteiger partial charge in [-0.25, -0.2) is 14.8 Å². The van der Waals surface area contributed by atoms with E-state index < -0.39 is 230 Å². The molecule has 2 heterocycles. The maximum atomic E-state index is 15.0. The van der Waals surface area contributed by atoms with Crippen LogP contribution < -0.4 is 109 Å². The number of guanidine groups is 2. The molecule has 33 N–H and O–H groups in total. The van der Waals surface area contributed by atoms with Crippen LogP contribution >= 0.6 is 0 Å². The molecule has 0 radical (unpaired) electrons. The number of unbranched alkanes of at least 4 members (excludes halogenated alkanes) is 1. The van der Waals surface area contributed by atoms with E-state index in [1.54, 1.807) is 55.4 Å². The predicted octanol–water partition coefficient (Wildman–Crippen LogP) is -7.33. The molecule has 121 heavy (non-hydrogen) atoms. The number of rotatable bonds is 61. The third-order valence-electron chi connectivity index (χ3n) is 18.6. The summed E-state index contributed by atoms with van der Waals surface area (Å²) in [6, 6.07) is -19.8. The van der Waals surface area contributed by atoms with Crippen molar-refractivity contribution in [1.29, 1.82) is 0 Å². The first-order valence-corrected chi connectivity index (χ1v) is 40.0. The molecule has 0 aromatic carbocycles. The number of aliphatic hydroxyl groups excluding tert-OH is 1. The van der Waals surface area contributed by atoms with Crippen LogP contribution in [-0.4, -0.2) is 264 Å². The summed E-state index contributed by atoms with van der Waals surface area (Å²) in [7, 11) is 0. The second-order valence-electron chi connectivity index (χ2n) is 30.5. The maximum Gasteiger partial charge on any atom is 0.328 e. The van der Waals surface area contributed by atoms with Crippen LogP contribution in [0.2, 0.25) is 0 Å². The van der Waals surface area contributed by atoms with Crippen molar-refractivity contribution in [1.82, 2.24) is 89.1 Å². The Morgan fingerprint density at radius 1 is 0.413 bits per heavy atom.